The lowest BCUT2D eigenvalue weighted by Gasteiger charge is -2.38. The molecule has 2 fully saturated rings. The van der Waals surface area contributed by atoms with Crippen LogP contribution in [0.4, 0.5) is 0 Å². The number of nitrogens with zero attached hydrogens (tertiary/aromatic N) is 5. The van der Waals surface area contributed by atoms with Gasteiger partial charge in [0.2, 0.25) is 0 Å². The number of hydrogen-bond acceptors (Lipinski definition) is 5. The van der Waals surface area contributed by atoms with Crippen LogP contribution in [0.5, 0.6) is 0 Å². The molecule has 0 saturated carbocycles. The third-order valence-corrected chi connectivity index (χ3v) is 5.15. The first-order valence-corrected chi connectivity index (χ1v) is 8.09. The molecule has 24 heavy (non-hydrogen) atoms. The van der Waals surface area contributed by atoms with Crippen molar-refractivity contribution >= 4 is 18.3 Å². The minimum atomic E-state index is 0. The molecule has 0 atom stereocenters. The molecule has 0 bridgehead atoms. The summed E-state index contributed by atoms with van der Waals surface area (Å²) in [6.07, 6.45) is 4.96. The fourth-order valence-corrected chi connectivity index (χ4v) is 3.65. The Kier molecular flexibility index (Phi) is 4.82. The molecule has 2 saturated heterocycles. The highest BCUT2D eigenvalue weighted by molar-refractivity contribution is 5.94. The zero-order chi connectivity index (χ0) is 15.7. The number of rotatable bonds is 2. The summed E-state index contributed by atoms with van der Waals surface area (Å²) in [5.74, 6) is 0.0979. The number of hydrogen-bond donors (Lipinski definition) is 1. The van der Waals surface area contributed by atoms with Crippen molar-refractivity contribution in [3.63, 3.8) is 0 Å². The van der Waals surface area contributed by atoms with Gasteiger partial charge in [-0.05, 0) is 59.8 Å². The maximum atomic E-state index is 12.8. The number of halogens is 1. The van der Waals surface area contributed by atoms with Gasteiger partial charge in [0.05, 0.1) is 5.69 Å². The van der Waals surface area contributed by atoms with Gasteiger partial charge in [-0.2, -0.15) is 0 Å². The van der Waals surface area contributed by atoms with E-state index in [-0.39, 0.29) is 18.3 Å². The van der Waals surface area contributed by atoms with Gasteiger partial charge in [-0.1, -0.05) is 6.07 Å². The predicted octanol–water partition coefficient (Wildman–Crippen LogP) is 1.30. The number of piperidine rings is 1. The summed E-state index contributed by atoms with van der Waals surface area (Å²) in [5.41, 5.74) is 1.92. The summed E-state index contributed by atoms with van der Waals surface area (Å²) < 4.78 is 1.56. The molecule has 128 valence electrons. The predicted molar refractivity (Wildman–Crippen MR) is 91.5 cm³/mol. The maximum absolute atomic E-state index is 12.8. The van der Waals surface area contributed by atoms with Crippen molar-refractivity contribution < 1.29 is 4.79 Å². The lowest BCUT2D eigenvalue weighted by Crippen LogP contribution is -2.44. The normalized spacial score (nSPS) is 19.2. The summed E-state index contributed by atoms with van der Waals surface area (Å²) in [6, 6.07) is 7.47. The van der Waals surface area contributed by atoms with E-state index in [0.29, 0.717) is 11.0 Å². The van der Waals surface area contributed by atoms with E-state index in [1.54, 1.807) is 4.68 Å². The van der Waals surface area contributed by atoms with Crippen LogP contribution in [0, 0.1) is 5.41 Å². The van der Waals surface area contributed by atoms with Gasteiger partial charge in [0.15, 0.2) is 0 Å². The highest BCUT2D eigenvalue weighted by atomic mass is 35.5. The van der Waals surface area contributed by atoms with Crippen LogP contribution in [-0.4, -0.2) is 57.2 Å². The molecular weight excluding hydrogens is 328 g/mol. The van der Waals surface area contributed by atoms with Crippen LogP contribution >= 0.6 is 12.4 Å². The molecule has 8 heteroatoms. The molecule has 2 aliphatic rings. The Bertz CT molecular complexity index is 688. The Balaban J connectivity index is 0.00000169. The van der Waals surface area contributed by atoms with E-state index in [9.17, 15) is 4.79 Å². The number of nitrogens with one attached hydrogen (secondary N) is 1. The van der Waals surface area contributed by atoms with Crippen LogP contribution in [0.25, 0.3) is 5.69 Å². The number of aromatic nitrogens is 4. The van der Waals surface area contributed by atoms with Crippen molar-refractivity contribution in [1.29, 1.82) is 0 Å². The average molecular weight is 349 g/mol. The molecule has 1 aromatic carbocycles. The van der Waals surface area contributed by atoms with Gasteiger partial charge in [-0.15, -0.1) is 17.5 Å². The number of carbonyl (C=O) groups is 1. The Morgan fingerprint density at radius 1 is 1.21 bits per heavy atom. The molecule has 0 unspecified atom stereocenters. The van der Waals surface area contributed by atoms with Gasteiger partial charge in [-0.3, -0.25) is 4.79 Å². The Hall–Kier alpha value is -1.99. The highest BCUT2D eigenvalue weighted by Crippen LogP contribution is 2.37. The molecule has 1 spiro atoms. The standard InChI is InChI=1S/C16H20N6O.ClH/c23-15(21-8-5-16(6-9-21)4-7-17-11-16)13-2-1-3-14(10-13)22-12-18-19-20-22;/h1-3,10,12,17H,4-9,11H2;1H. The van der Waals surface area contributed by atoms with Crippen LogP contribution < -0.4 is 5.32 Å². The monoisotopic (exact) mass is 348 g/mol. The quantitative estimate of drug-likeness (QED) is 0.885. The fourth-order valence-electron chi connectivity index (χ4n) is 3.65. The first-order chi connectivity index (χ1) is 11.3. The first-order valence-electron chi connectivity index (χ1n) is 8.09. The Labute approximate surface area is 146 Å². The van der Waals surface area contributed by atoms with Crippen LogP contribution in [0.1, 0.15) is 29.6 Å². The van der Waals surface area contributed by atoms with Crippen molar-refractivity contribution in [1.82, 2.24) is 30.4 Å². The van der Waals surface area contributed by atoms with Crippen LogP contribution in [-0.2, 0) is 0 Å². The molecule has 1 amide bonds. The van der Waals surface area contributed by atoms with Gasteiger partial charge in [0, 0.05) is 25.2 Å². The van der Waals surface area contributed by atoms with Gasteiger partial charge in [0.25, 0.3) is 5.91 Å². The third kappa shape index (κ3) is 3.14. The molecule has 2 aliphatic heterocycles. The zero-order valence-corrected chi connectivity index (χ0v) is 14.2. The molecule has 2 aromatic rings. The first kappa shape index (κ1) is 16.9. The van der Waals surface area contributed by atoms with E-state index in [1.807, 2.05) is 29.2 Å². The molecule has 7 nitrogen and oxygen atoms in total. The lowest BCUT2D eigenvalue weighted by molar-refractivity contribution is 0.0607. The van der Waals surface area contributed by atoms with E-state index in [2.05, 4.69) is 20.8 Å². The largest absolute Gasteiger partial charge is 0.339 e. The molecule has 1 N–H and O–H groups in total. The molecular formula is C16H21ClN6O. The summed E-state index contributed by atoms with van der Waals surface area (Å²) in [7, 11) is 0. The van der Waals surface area contributed by atoms with E-state index in [1.165, 1.54) is 12.7 Å². The van der Waals surface area contributed by atoms with Crippen molar-refractivity contribution in [3.8, 4) is 5.69 Å². The zero-order valence-electron chi connectivity index (χ0n) is 13.4. The summed E-state index contributed by atoms with van der Waals surface area (Å²) in [4.78, 5) is 14.7. The second-order valence-electron chi connectivity index (χ2n) is 6.52. The van der Waals surface area contributed by atoms with E-state index in [4.69, 9.17) is 0 Å². The number of tetrazole rings is 1. The van der Waals surface area contributed by atoms with Crippen molar-refractivity contribution in [2.24, 2.45) is 5.41 Å². The summed E-state index contributed by atoms with van der Waals surface area (Å²) >= 11 is 0. The van der Waals surface area contributed by atoms with Crippen molar-refractivity contribution in [2.75, 3.05) is 26.2 Å². The minimum Gasteiger partial charge on any atom is -0.339 e. The topological polar surface area (TPSA) is 75.9 Å². The number of likely N-dealkylation sites (tertiary alicyclic amines) is 1. The van der Waals surface area contributed by atoms with Gasteiger partial charge >= 0.3 is 0 Å². The van der Waals surface area contributed by atoms with Gasteiger partial charge in [-0.25, -0.2) is 4.68 Å². The van der Waals surface area contributed by atoms with E-state index < -0.39 is 0 Å². The van der Waals surface area contributed by atoms with E-state index in [0.717, 1.165) is 44.7 Å². The lowest BCUT2D eigenvalue weighted by atomic mass is 9.78. The molecule has 4 rings (SSSR count). The molecule has 0 aliphatic carbocycles. The van der Waals surface area contributed by atoms with Gasteiger partial charge in [0.1, 0.15) is 6.33 Å². The SMILES string of the molecule is Cl.O=C(c1cccc(-n2cnnn2)c1)N1CCC2(CCNC2)CC1. The molecule has 0 radical (unpaired) electrons. The maximum Gasteiger partial charge on any atom is 0.253 e. The molecule has 1 aromatic heterocycles. The second-order valence-corrected chi connectivity index (χ2v) is 6.52. The van der Waals surface area contributed by atoms with Gasteiger partial charge < -0.3 is 10.2 Å². The Morgan fingerprint density at radius 3 is 2.71 bits per heavy atom. The second kappa shape index (κ2) is 6.86. The van der Waals surface area contributed by atoms with Crippen LogP contribution in [0.15, 0.2) is 30.6 Å². The summed E-state index contributed by atoms with van der Waals surface area (Å²) in [6.45, 7) is 3.90. The number of benzene rings is 1. The van der Waals surface area contributed by atoms with Crippen LogP contribution in [0.3, 0.4) is 0 Å². The van der Waals surface area contributed by atoms with Crippen molar-refractivity contribution in [3.05, 3.63) is 36.2 Å². The minimum absolute atomic E-state index is 0. The number of carbonyl (C=O) groups excluding carboxylic acids is 1. The number of amides is 1. The highest BCUT2D eigenvalue weighted by Gasteiger charge is 2.38. The smallest absolute Gasteiger partial charge is 0.253 e. The summed E-state index contributed by atoms with van der Waals surface area (Å²) in [5, 5.41) is 14.6. The van der Waals surface area contributed by atoms with Crippen molar-refractivity contribution in [2.45, 2.75) is 19.3 Å². The Morgan fingerprint density at radius 2 is 2.04 bits per heavy atom. The fraction of sp³-hybridized carbons (Fsp3) is 0.500. The average Bonchev–Trinajstić information content (AvgIpc) is 3.28. The third-order valence-electron chi connectivity index (χ3n) is 5.15. The molecule has 3 heterocycles. The van der Waals surface area contributed by atoms with E-state index >= 15 is 0 Å². The van der Waals surface area contributed by atoms with Crippen LogP contribution in [0.2, 0.25) is 0 Å².